The molecule has 1 aromatic heterocycles. The lowest BCUT2D eigenvalue weighted by Gasteiger charge is -2.19. The van der Waals surface area contributed by atoms with Gasteiger partial charge in [0, 0.05) is 20.2 Å². The minimum atomic E-state index is 0.252. The third kappa shape index (κ3) is 3.32. The quantitative estimate of drug-likeness (QED) is 0.775. The highest BCUT2D eigenvalue weighted by molar-refractivity contribution is 5.79. The lowest BCUT2D eigenvalue weighted by atomic mass is 10.2. The van der Waals surface area contributed by atoms with Crippen molar-refractivity contribution in [1.29, 1.82) is 0 Å². The number of benzene rings is 1. The van der Waals surface area contributed by atoms with Gasteiger partial charge in [-0.3, -0.25) is 0 Å². The molecule has 0 unspecified atom stereocenters. The number of aliphatic hydroxyl groups is 1. The topological polar surface area (TPSA) is 75.3 Å². The molecule has 0 spiro atoms. The summed E-state index contributed by atoms with van der Waals surface area (Å²) >= 11 is 0. The van der Waals surface area contributed by atoms with Crippen LogP contribution in [0.1, 0.15) is 19.3 Å². The van der Waals surface area contributed by atoms with Gasteiger partial charge in [-0.1, -0.05) is 12.1 Å². The molecule has 0 aliphatic heterocycles. The van der Waals surface area contributed by atoms with Gasteiger partial charge in [-0.05, 0) is 31.4 Å². The van der Waals surface area contributed by atoms with E-state index in [1.165, 1.54) is 0 Å². The first-order chi connectivity index (χ1) is 9.22. The minimum absolute atomic E-state index is 0.252. The number of aromatic nitrogens is 2. The predicted molar refractivity (Wildman–Crippen MR) is 78.2 cm³/mol. The van der Waals surface area contributed by atoms with Gasteiger partial charge in [0.05, 0.1) is 11.0 Å². The SMILES string of the molecule is CN(CCCCCO)c1nc2ccccc2nc1N. The monoisotopic (exact) mass is 260 g/mol. The van der Waals surface area contributed by atoms with Crippen LogP contribution >= 0.6 is 0 Å². The van der Waals surface area contributed by atoms with E-state index in [0.29, 0.717) is 5.82 Å². The van der Waals surface area contributed by atoms with Crippen molar-refractivity contribution in [2.75, 3.05) is 30.8 Å². The van der Waals surface area contributed by atoms with E-state index in [4.69, 9.17) is 10.8 Å². The molecule has 0 radical (unpaired) electrons. The zero-order valence-electron chi connectivity index (χ0n) is 11.2. The molecule has 5 nitrogen and oxygen atoms in total. The fourth-order valence-electron chi connectivity index (χ4n) is 2.03. The van der Waals surface area contributed by atoms with Gasteiger partial charge in [-0.25, -0.2) is 9.97 Å². The zero-order chi connectivity index (χ0) is 13.7. The molecule has 2 aromatic rings. The highest BCUT2D eigenvalue weighted by Gasteiger charge is 2.09. The summed E-state index contributed by atoms with van der Waals surface area (Å²) in [5, 5.41) is 8.76. The van der Waals surface area contributed by atoms with Gasteiger partial charge in [0.2, 0.25) is 0 Å². The van der Waals surface area contributed by atoms with Crippen molar-refractivity contribution in [3.8, 4) is 0 Å². The van der Waals surface area contributed by atoms with Crippen LogP contribution in [0.3, 0.4) is 0 Å². The van der Waals surface area contributed by atoms with Gasteiger partial charge in [-0.2, -0.15) is 0 Å². The maximum Gasteiger partial charge on any atom is 0.171 e. The molecule has 2 rings (SSSR count). The standard InChI is InChI=1S/C14H20N4O/c1-18(9-5-2-6-10-19)14-13(15)16-11-7-3-4-8-12(11)17-14/h3-4,7-8,19H,2,5-6,9-10H2,1H3,(H2,15,16). The summed E-state index contributed by atoms with van der Waals surface area (Å²) in [7, 11) is 1.97. The van der Waals surface area contributed by atoms with Gasteiger partial charge in [0.25, 0.3) is 0 Å². The van der Waals surface area contributed by atoms with Crippen LogP contribution in [0.4, 0.5) is 11.6 Å². The molecule has 0 bridgehead atoms. The number of nitrogens with zero attached hydrogens (tertiary/aromatic N) is 3. The van der Waals surface area contributed by atoms with Gasteiger partial charge < -0.3 is 15.7 Å². The van der Waals surface area contributed by atoms with E-state index in [2.05, 4.69) is 9.97 Å². The number of hydrogen-bond acceptors (Lipinski definition) is 5. The number of rotatable bonds is 6. The van der Waals surface area contributed by atoms with Crippen LogP contribution in [0.15, 0.2) is 24.3 Å². The molecule has 102 valence electrons. The molecule has 1 heterocycles. The number of unbranched alkanes of at least 4 members (excludes halogenated alkanes) is 2. The van der Waals surface area contributed by atoms with Gasteiger partial charge in [-0.15, -0.1) is 0 Å². The van der Waals surface area contributed by atoms with Crippen LogP contribution in [-0.4, -0.2) is 35.3 Å². The predicted octanol–water partition coefficient (Wildman–Crippen LogP) is 1.81. The molecule has 0 fully saturated rings. The van der Waals surface area contributed by atoms with E-state index in [1.807, 2.05) is 36.2 Å². The second-order valence-electron chi connectivity index (χ2n) is 4.63. The van der Waals surface area contributed by atoms with Crippen LogP contribution in [0, 0.1) is 0 Å². The number of hydrogen-bond donors (Lipinski definition) is 2. The fraction of sp³-hybridized carbons (Fsp3) is 0.429. The number of aliphatic hydroxyl groups excluding tert-OH is 1. The maximum atomic E-state index is 8.76. The molecular weight excluding hydrogens is 240 g/mol. The van der Waals surface area contributed by atoms with Gasteiger partial charge >= 0.3 is 0 Å². The van der Waals surface area contributed by atoms with Crippen LogP contribution in [0.2, 0.25) is 0 Å². The Hall–Kier alpha value is -1.88. The van der Waals surface area contributed by atoms with Crippen LogP contribution in [-0.2, 0) is 0 Å². The lowest BCUT2D eigenvalue weighted by molar-refractivity contribution is 0.283. The molecule has 0 aliphatic carbocycles. The molecule has 19 heavy (non-hydrogen) atoms. The Morgan fingerprint density at radius 2 is 1.79 bits per heavy atom. The fourth-order valence-corrected chi connectivity index (χ4v) is 2.03. The zero-order valence-corrected chi connectivity index (χ0v) is 11.2. The van der Waals surface area contributed by atoms with Crippen molar-refractivity contribution in [3.63, 3.8) is 0 Å². The van der Waals surface area contributed by atoms with Crippen LogP contribution in [0.25, 0.3) is 11.0 Å². The summed E-state index contributed by atoms with van der Waals surface area (Å²) in [4.78, 5) is 11.0. The van der Waals surface area contributed by atoms with Crippen molar-refractivity contribution in [2.45, 2.75) is 19.3 Å². The average Bonchev–Trinajstić information content (AvgIpc) is 2.42. The van der Waals surface area contributed by atoms with E-state index in [-0.39, 0.29) is 6.61 Å². The van der Waals surface area contributed by atoms with Crippen LogP contribution < -0.4 is 10.6 Å². The number of fused-ring (bicyclic) bond motifs is 1. The second-order valence-corrected chi connectivity index (χ2v) is 4.63. The van der Waals surface area contributed by atoms with E-state index < -0.39 is 0 Å². The molecule has 5 heteroatoms. The van der Waals surface area contributed by atoms with Gasteiger partial charge in [0.15, 0.2) is 11.6 Å². The summed E-state index contributed by atoms with van der Waals surface area (Å²) in [6, 6.07) is 7.71. The molecule has 1 aromatic carbocycles. The Labute approximate surface area is 113 Å². The van der Waals surface area contributed by atoms with E-state index in [9.17, 15) is 0 Å². The summed E-state index contributed by atoms with van der Waals surface area (Å²) < 4.78 is 0. The average molecular weight is 260 g/mol. The summed E-state index contributed by atoms with van der Waals surface area (Å²) in [6.07, 6.45) is 2.85. The highest BCUT2D eigenvalue weighted by atomic mass is 16.2. The van der Waals surface area contributed by atoms with E-state index >= 15 is 0 Å². The third-order valence-electron chi connectivity index (χ3n) is 3.09. The Morgan fingerprint density at radius 1 is 1.11 bits per heavy atom. The Morgan fingerprint density at radius 3 is 2.47 bits per heavy atom. The maximum absolute atomic E-state index is 8.76. The second kappa shape index (κ2) is 6.33. The minimum Gasteiger partial charge on any atom is -0.396 e. The summed E-state index contributed by atoms with van der Waals surface area (Å²) in [5.74, 6) is 1.19. The number of para-hydroxylation sites is 2. The normalized spacial score (nSPS) is 10.8. The molecule has 3 N–H and O–H groups in total. The highest BCUT2D eigenvalue weighted by Crippen LogP contribution is 2.21. The molecule has 0 saturated carbocycles. The summed E-state index contributed by atoms with van der Waals surface area (Å²) in [5.41, 5.74) is 7.64. The molecule has 0 amide bonds. The van der Waals surface area contributed by atoms with Crippen molar-refractivity contribution >= 4 is 22.7 Å². The van der Waals surface area contributed by atoms with Crippen molar-refractivity contribution in [3.05, 3.63) is 24.3 Å². The van der Waals surface area contributed by atoms with Crippen molar-refractivity contribution in [1.82, 2.24) is 9.97 Å². The van der Waals surface area contributed by atoms with Gasteiger partial charge in [0.1, 0.15) is 0 Å². The van der Waals surface area contributed by atoms with Crippen molar-refractivity contribution < 1.29 is 5.11 Å². The van der Waals surface area contributed by atoms with Crippen molar-refractivity contribution in [2.24, 2.45) is 0 Å². The van der Waals surface area contributed by atoms with E-state index in [1.54, 1.807) is 0 Å². The molecule has 0 aliphatic rings. The molecule has 0 saturated heterocycles. The number of nitrogens with two attached hydrogens (primary N) is 1. The first-order valence-corrected chi connectivity index (χ1v) is 6.56. The first kappa shape index (κ1) is 13.5. The Balaban J connectivity index is 2.12. The largest absolute Gasteiger partial charge is 0.396 e. The molecular formula is C14H20N4O. The molecule has 0 atom stereocenters. The third-order valence-corrected chi connectivity index (χ3v) is 3.09. The Kier molecular flexibility index (Phi) is 4.52. The summed E-state index contributed by atoms with van der Waals surface area (Å²) in [6.45, 7) is 1.11. The Bertz CT molecular complexity index is 544. The first-order valence-electron chi connectivity index (χ1n) is 6.56. The number of anilines is 2. The lowest BCUT2D eigenvalue weighted by Crippen LogP contribution is -2.21. The van der Waals surface area contributed by atoms with Crippen LogP contribution in [0.5, 0.6) is 0 Å². The van der Waals surface area contributed by atoms with E-state index in [0.717, 1.165) is 42.7 Å². The number of nitrogen functional groups attached to an aromatic ring is 1. The smallest absolute Gasteiger partial charge is 0.171 e.